The van der Waals surface area contributed by atoms with E-state index in [1.165, 1.54) is 19.2 Å². The molecule has 0 saturated heterocycles. The molecule has 0 atom stereocenters. The Bertz CT molecular complexity index is 1310. The SMILES string of the molecule is COCCNC(=O)c1cc2ccc(OC(=O)C(c3ccccc3)c3ccccc3)cc2oc1=O. The van der Waals surface area contributed by atoms with E-state index in [1.54, 1.807) is 12.1 Å². The molecule has 0 radical (unpaired) electrons. The van der Waals surface area contributed by atoms with Crippen molar-refractivity contribution in [1.82, 2.24) is 5.32 Å². The second-order valence-electron chi connectivity index (χ2n) is 7.57. The predicted molar refractivity (Wildman–Crippen MR) is 127 cm³/mol. The summed E-state index contributed by atoms with van der Waals surface area (Å²) < 4.78 is 15.9. The van der Waals surface area contributed by atoms with Crippen LogP contribution in [0.3, 0.4) is 0 Å². The Balaban J connectivity index is 1.59. The van der Waals surface area contributed by atoms with Crippen LogP contribution in [0.1, 0.15) is 27.4 Å². The third-order valence-electron chi connectivity index (χ3n) is 5.26. The van der Waals surface area contributed by atoms with Gasteiger partial charge >= 0.3 is 11.6 Å². The van der Waals surface area contributed by atoms with Crippen LogP contribution in [0.15, 0.2) is 94.1 Å². The molecule has 0 aliphatic heterocycles. The van der Waals surface area contributed by atoms with Gasteiger partial charge in [-0.3, -0.25) is 9.59 Å². The fraction of sp³-hybridized carbons (Fsp3) is 0.148. The number of hydrogen-bond donors (Lipinski definition) is 1. The number of nitrogens with one attached hydrogen (secondary N) is 1. The van der Waals surface area contributed by atoms with Gasteiger partial charge in [0.25, 0.3) is 5.91 Å². The average molecular weight is 457 g/mol. The zero-order valence-electron chi connectivity index (χ0n) is 18.5. The molecule has 7 nitrogen and oxygen atoms in total. The summed E-state index contributed by atoms with van der Waals surface area (Å²) in [5.74, 6) is -1.40. The number of benzene rings is 3. The largest absolute Gasteiger partial charge is 0.426 e. The minimum absolute atomic E-state index is 0.110. The molecule has 4 rings (SSSR count). The summed E-state index contributed by atoms with van der Waals surface area (Å²) in [6.45, 7) is 0.595. The van der Waals surface area contributed by atoms with Gasteiger partial charge in [0, 0.05) is 25.1 Å². The highest BCUT2D eigenvalue weighted by molar-refractivity contribution is 5.96. The zero-order chi connectivity index (χ0) is 23.9. The smallest absolute Gasteiger partial charge is 0.349 e. The number of carbonyl (C=O) groups is 2. The van der Waals surface area contributed by atoms with Gasteiger partial charge in [0.15, 0.2) is 0 Å². The number of amides is 1. The summed E-state index contributed by atoms with van der Waals surface area (Å²) in [5.41, 5.74) is 0.920. The van der Waals surface area contributed by atoms with Gasteiger partial charge in [-0.05, 0) is 29.3 Å². The number of methoxy groups -OCH3 is 1. The highest BCUT2D eigenvalue weighted by Crippen LogP contribution is 2.28. The Morgan fingerprint density at radius 1 is 0.912 bits per heavy atom. The Kier molecular flexibility index (Phi) is 7.15. The molecular formula is C27H23NO6. The molecule has 3 aromatic carbocycles. The number of rotatable bonds is 8. The van der Waals surface area contributed by atoms with Crippen LogP contribution in [0, 0.1) is 0 Å². The van der Waals surface area contributed by atoms with Crippen molar-refractivity contribution in [1.29, 1.82) is 0 Å². The molecule has 0 aliphatic rings. The van der Waals surface area contributed by atoms with Crippen LogP contribution in [0.5, 0.6) is 5.75 Å². The standard InChI is InChI=1S/C27H23NO6/c1-32-15-14-28-25(29)22-16-20-12-13-21(17-23(20)34-26(22)30)33-27(31)24(18-8-4-2-5-9-18)19-10-6-3-7-11-19/h2-13,16-17,24H,14-15H2,1H3,(H,28,29). The first-order valence-electron chi connectivity index (χ1n) is 10.7. The molecule has 0 unspecified atom stereocenters. The molecule has 172 valence electrons. The maximum atomic E-state index is 13.2. The Labute approximate surface area is 195 Å². The van der Waals surface area contributed by atoms with E-state index in [0.717, 1.165) is 11.1 Å². The monoisotopic (exact) mass is 457 g/mol. The number of fused-ring (bicyclic) bond motifs is 1. The Morgan fingerprint density at radius 3 is 2.18 bits per heavy atom. The molecule has 1 N–H and O–H groups in total. The van der Waals surface area contributed by atoms with Crippen molar-refractivity contribution in [3.05, 3.63) is 112 Å². The van der Waals surface area contributed by atoms with E-state index in [9.17, 15) is 14.4 Å². The second kappa shape index (κ2) is 10.6. The van der Waals surface area contributed by atoms with Crippen LogP contribution in [0.25, 0.3) is 11.0 Å². The minimum atomic E-state index is -0.780. The first-order valence-corrected chi connectivity index (χ1v) is 10.7. The van der Waals surface area contributed by atoms with Gasteiger partial charge in [0.05, 0.1) is 6.61 Å². The van der Waals surface area contributed by atoms with Gasteiger partial charge in [-0.1, -0.05) is 60.7 Å². The summed E-state index contributed by atoms with van der Waals surface area (Å²) in [7, 11) is 1.52. The molecule has 4 aromatic rings. The maximum absolute atomic E-state index is 13.2. The predicted octanol–water partition coefficient (Wildman–Crippen LogP) is 3.91. The second-order valence-corrected chi connectivity index (χ2v) is 7.57. The highest BCUT2D eigenvalue weighted by atomic mass is 16.5. The van der Waals surface area contributed by atoms with Crippen LogP contribution < -0.4 is 15.7 Å². The molecule has 1 amide bonds. The highest BCUT2D eigenvalue weighted by Gasteiger charge is 2.25. The number of carbonyl (C=O) groups excluding carboxylic acids is 2. The van der Waals surface area contributed by atoms with Crippen molar-refractivity contribution in [3.63, 3.8) is 0 Å². The van der Waals surface area contributed by atoms with E-state index in [4.69, 9.17) is 13.9 Å². The molecule has 0 spiro atoms. The summed E-state index contributed by atoms with van der Waals surface area (Å²) in [6, 6.07) is 24.9. The van der Waals surface area contributed by atoms with Crippen LogP contribution in [0.2, 0.25) is 0 Å². The average Bonchev–Trinajstić information content (AvgIpc) is 2.85. The van der Waals surface area contributed by atoms with Gasteiger partial charge in [-0.15, -0.1) is 0 Å². The quantitative estimate of drug-likeness (QED) is 0.187. The number of hydrogen-bond acceptors (Lipinski definition) is 6. The van der Waals surface area contributed by atoms with Gasteiger partial charge < -0.3 is 19.2 Å². The van der Waals surface area contributed by atoms with Crippen LogP contribution in [0.4, 0.5) is 0 Å². The number of esters is 1. The van der Waals surface area contributed by atoms with Gasteiger partial charge in [0.1, 0.15) is 22.8 Å². The van der Waals surface area contributed by atoms with E-state index in [1.807, 2.05) is 60.7 Å². The third kappa shape index (κ3) is 5.22. The molecule has 34 heavy (non-hydrogen) atoms. The lowest BCUT2D eigenvalue weighted by Gasteiger charge is -2.17. The van der Waals surface area contributed by atoms with E-state index >= 15 is 0 Å². The molecule has 0 saturated carbocycles. The topological polar surface area (TPSA) is 94.8 Å². The molecule has 0 fully saturated rings. The molecule has 1 heterocycles. The number of ether oxygens (including phenoxy) is 2. The van der Waals surface area contributed by atoms with Crippen molar-refractivity contribution in [2.75, 3.05) is 20.3 Å². The molecule has 0 bridgehead atoms. The first-order chi connectivity index (χ1) is 16.6. The maximum Gasteiger partial charge on any atom is 0.349 e. The van der Waals surface area contributed by atoms with Crippen LogP contribution in [-0.2, 0) is 9.53 Å². The van der Waals surface area contributed by atoms with Crippen LogP contribution in [-0.4, -0.2) is 32.1 Å². The van der Waals surface area contributed by atoms with Crippen LogP contribution >= 0.6 is 0 Å². The summed E-state index contributed by atoms with van der Waals surface area (Å²) in [5, 5.41) is 3.12. The summed E-state index contributed by atoms with van der Waals surface area (Å²) in [4.78, 5) is 37.8. The minimum Gasteiger partial charge on any atom is -0.426 e. The van der Waals surface area contributed by atoms with E-state index in [-0.39, 0.29) is 23.4 Å². The van der Waals surface area contributed by atoms with Crippen molar-refractivity contribution in [2.45, 2.75) is 5.92 Å². The molecule has 7 heteroatoms. The van der Waals surface area contributed by atoms with E-state index in [0.29, 0.717) is 12.0 Å². The van der Waals surface area contributed by atoms with Crippen molar-refractivity contribution in [3.8, 4) is 5.75 Å². The third-order valence-corrected chi connectivity index (χ3v) is 5.26. The van der Waals surface area contributed by atoms with Gasteiger partial charge in [-0.2, -0.15) is 0 Å². The lowest BCUT2D eigenvalue weighted by Crippen LogP contribution is -2.30. The lowest BCUT2D eigenvalue weighted by molar-refractivity contribution is -0.135. The molecule has 0 aliphatic carbocycles. The van der Waals surface area contributed by atoms with Gasteiger partial charge in [0.2, 0.25) is 0 Å². The summed E-state index contributed by atoms with van der Waals surface area (Å²) in [6.07, 6.45) is 0. The first kappa shape index (κ1) is 22.9. The van der Waals surface area contributed by atoms with E-state index in [2.05, 4.69) is 5.32 Å². The molecular weight excluding hydrogens is 434 g/mol. The fourth-order valence-electron chi connectivity index (χ4n) is 3.61. The van der Waals surface area contributed by atoms with E-state index < -0.39 is 23.4 Å². The zero-order valence-corrected chi connectivity index (χ0v) is 18.5. The Hall–Kier alpha value is -4.23. The van der Waals surface area contributed by atoms with Gasteiger partial charge in [-0.25, -0.2) is 4.79 Å². The lowest BCUT2D eigenvalue weighted by atomic mass is 9.91. The van der Waals surface area contributed by atoms with Crippen molar-refractivity contribution < 1.29 is 23.5 Å². The Morgan fingerprint density at radius 2 is 1.56 bits per heavy atom. The van der Waals surface area contributed by atoms with Crippen molar-refractivity contribution in [2.24, 2.45) is 0 Å². The fourth-order valence-corrected chi connectivity index (χ4v) is 3.61. The normalized spacial score (nSPS) is 10.9. The van der Waals surface area contributed by atoms with Crippen molar-refractivity contribution >= 4 is 22.8 Å². The molecule has 1 aromatic heterocycles. The summed E-state index contributed by atoms with van der Waals surface area (Å²) >= 11 is 0.